The standard InChI is InChI=1S/C19H18N4O2/c1-23-17-6-2-12(8-13(17)4-7-18(23)24)10-20-19(25)14-3-5-15-16(9-14)22-11-21-15/h2-3,5-6,8-9,11H,4,7,10H2,1H3,(H,20,25)(H,21,22). The highest BCUT2D eigenvalue weighted by Crippen LogP contribution is 2.27. The Hall–Kier alpha value is -3.15. The number of hydrogen-bond donors (Lipinski definition) is 2. The van der Waals surface area contributed by atoms with Gasteiger partial charge in [0.2, 0.25) is 5.91 Å². The molecule has 0 atom stereocenters. The van der Waals surface area contributed by atoms with Gasteiger partial charge >= 0.3 is 0 Å². The third-order valence-electron chi connectivity index (χ3n) is 4.62. The lowest BCUT2D eigenvalue weighted by Crippen LogP contribution is -2.31. The van der Waals surface area contributed by atoms with Crippen LogP contribution in [0.3, 0.4) is 0 Å². The summed E-state index contributed by atoms with van der Waals surface area (Å²) in [4.78, 5) is 33.0. The van der Waals surface area contributed by atoms with Gasteiger partial charge in [0.15, 0.2) is 0 Å². The number of aromatic amines is 1. The van der Waals surface area contributed by atoms with Crippen LogP contribution < -0.4 is 10.2 Å². The van der Waals surface area contributed by atoms with Crippen molar-refractivity contribution in [3.63, 3.8) is 0 Å². The monoisotopic (exact) mass is 334 g/mol. The van der Waals surface area contributed by atoms with Gasteiger partial charge in [0.25, 0.3) is 5.91 Å². The van der Waals surface area contributed by atoms with Crippen LogP contribution in [0.15, 0.2) is 42.7 Å². The minimum absolute atomic E-state index is 0.124. The average molecular weight is 334 g/mol. The molecule has 0 saturated heterocycles. The average Bonchev–Trinajstić information content (AvgIpc) is 3.10. The van der Waals surface area contributed by atoms with Crippen molar-refractivity contribution in [1.29, 1.82) is 0 Å². The number of H-pyrrole nitrogens is 1. The van der Waals surface area contributed by atoms with Gasteiger partial charge in [-0.3, -0.25) is 9.59 Å². The van der Waals surface area contributed by atoms with E-state index < -0.39 is 0 Å². The summed E-state index contributed by atoms with van der Waals surface area (Å²) in [7, 11) is 1.80. The molecule has 2 heterocycles. The Labute approximate surface area is 144 Å². The van der Waals surface area contributed by atoms with E-state index in [0.717, 1.165) is 34.3 Å². The van der Waals surface area contributed by atoms with Crippen LogP contribution in [0.1, 0.15) is 27.9 Å². The predicted octanol–water partition coefficient (Wildman–Crippen LogP) is 2.40. The second-order valence-electron chi connectivity index (χ2n) is 6.23. The van der Waals surface area contributed by atoms with Gasteiger partial charge < -0.3 is 15.2 Å². The predicted molar refractivity (Wildman–Crippen MR) is 95.4 cm³/mol. The number of benzene rings is 2. The molecule has 4 rings (SSSR count). The van der Waals surface area contributed by atoms with Crippen LogP contribution >= 0.6 is 0 Å². The highest BCUT2D eigenvalue weighted by molar-refractivity contribution is 5.97. The Morgan fingerprint density at radius 3 is 3.00 bits per heavy atom. The van der Waals surface area contributed by atoms with E-state index in [9.17, 15) is 9.59 Å². The number of nitrogens with one attached hydrogen (secondary N) is 2. The second kappa shape index (κ2) is 6.05. The molecule has 6 nitrogen and oxygen atoms in total. The molecule has 2 aromatic carbocycles. The molecule has 0 aliphatic carbocycles. The van der Waals surface area contributed by atoms with E-state index >= 15 is 0 Å². The number of carbonyl (C=O) groups excluding carboxylic acids is 2. The normalized spacial score (nSPS) is 13.8. The maximum absolute atomic E-state index is 12.4. The number of anilines is 1. The summed E-state index contributed by atoms with van der Waals surface area (Å²) < 4.78 is 0. The number of aryl methyl sites for hydroxylation is 1. The first-order valence-corrected chi connectivity index (χ1v) is 8.21. The molecule has 3 aromatic rings. The van der Waals surface area contributed by atoms with E-state index in [-0.39, 0.29) is 11.8 Å². The molecule has 0 spiro atoms. The number of imidazole rings is 1. The fourth-order valence-corrected chi connectivity index (χ4v) is 3.18. The van der Waals surface area contributed by atoms with Crippen molar-refractivity contribution in [2.75, 3.05) is 11.9 Å². The molecule has 1 aromatic heterocycles. The zero-order chi connectivity index (χ0) is 17.4. The summed E-state index contributed by atoms with van der Waals surface area (Å²) >= 11 is 0. The first kappa shape index (κ1) is 15.4. The van der Waals surface area contributed by atoms with Crippen molar-refractivity contribution in [2.24, 2.45) is 0 Å². The lowest BCUT2D eigenvalue weighted by atomic mass is 9.99. The summed E-state index contributed by atoms with van der Waals surface area (Å²) in [5, 5.41) is 2.95. The molecule has 0 fully saturated rings. The highest BCUT2D eigenvalue weighted by atomic mass is 16.2. The second-order valence-corrected chi connectivity index (χ2v) is 6.23. The topological polar surface area (TPSA) is 78.1 Å². The summed E-state index contributed by atoms with van der Waals surface area (Å²) in [6, 6.07) is 11.4. The van der Waals surface area contributed by atoms with Crippen LogP contribution in [0, 0.1) is 0 Å². The molecular weight excluding hydrogens is 316 g/mol. The number of rotatable bonds is 3. The first-order valence-electron chi connectivity index (χ1n) is 8.21. The minimum Gasteiger partial charge on any atom is -0.348 e. The Morgan fingerprint density at radius 2 is 2.12 bits per heavy atom. The molecule has 0 unspecified atom stereocenters. The smallest absolute Gasteiger partial charge is 0.251 e. The SMILES string of the molecule is CN1C(=O)CCc2cc(CNC(=O)c3ccc4nc[nH]c4c3)ccc21. The van der Waals surface area contributed by atoms with Gasteiger partial charge in [-0.2, -0.15) is 0 Å². The maximum Gasteiger partial charge on any atom is 0.251 e. The Kier molecular flexibility index (Phi) is 3.72. The van der Waals surface area contributed by atoms with Crippen molar-refractivity contribution in [3.8, 4) is 0 Å². The van der Waals surface area contributed by atoms with E-state index in [4.69, 9.17) is 0 Å². The van der Waals surface area contributed by atoms with Crippen molar-refractivity contribution >= 4 is 28.5 Å². The van der Waals surface area contributed by atoms with Crippen LogP contribution in [-0.4, -0.2) is 28.8 Å². The van der Waals surface area contributed by atoms with Crippen LogP contribution in [0.25, 0.3) is 11.0 Å². The molecule has 126 valence electrons. The number of fused-ring (bicyclic) bond motifs is 2. The van der Waals surface area contributed by atoms with E-state index in [1.165, 1.54) is 0 Å². The van der Waals surface area contributed by atoms with Crippen LogP contribution in [0.2, 0.25) is 0 Å². The Balaban J connectivity index is 1.47. The molecule has 0 saturated carbocycles. The van der Waals surface area contributed by atoms with Gasteiger partial charge in [-0.15, -0.1) is 0 Å². The maximum atomic E-state index is 12.4. The quantitative estimate of drug-likeness (QED) is 0.772. The van der Waals surface area contributed by atoms with Crippen molar-refractivity contribution in [2.45, 2.75) is 19.4 Å². The highest BCUT2D eigenvalue weighted by Gasteiger charge is 2.20. The molecule has 0 bridgehead atoms. The molecule has 1 aliphatic rings. The van der Waals surface area contributed by atoms with Gasteiger partial charge in [-0.05, 0) is 41.8 Å². The number of nitrogens with zero attached hydrogens (tertiary/aromatic N) is 2. The first-order chi connectivity index (χ1) is 12.1. The zero-order valence-electron chi connectivity index (χ0n) is 13.9. The third kappa shape index (κ3) is 2.87. The fraction of sp³-hybridized carbons (Fsp3) is 0.211. The summed E-state index contributed by atoms with van der Waals surface area (Å²) in [6.45, 7) is 0.449. The Morgan fingerprint density at radius 1 is 1.24 bits per heavy atom. The van der Waals surface area contributed by atoms with Gasteiger partial charge in [0, 0.05) is 31.3 Å². The molecule has 25 heavy (non-hydrogen) atoms. The van der Waals surface area contributed by atoms with Crippen molar-refractivity contribution < 1.29 is 9.59 Å². The molecular formula is C19H18N4O2. The Bertz CT molecular complexity index is 976. The summed E-state index contributed by atoms with van der Waals surface area (Å²) in [5.41, 5.74) is 5.40. The molecule has 2 amide bonds. The molecule has 2 N–H and O–H groups in total. The largest absolute Gasteiger partial charge is 0.348 e. The van der Waals surface area contributed by atoms with Crippen molar-refractivity contribution in [3.05, 3.63) is 59.4 Å². The fourth-order valence-electron chi connectivity index (χ4n) is 3.18. The molecule has 1 aliphatic heterocycles. The zero-order valence-corrected chi connectivity index (χ0v) is 13.9. The van der Waals surface area contributed by atoms with Gasteiger partial charge in [0.1, 0.15) is 0 Å². The summed E-state index contributed by atoms with van der Waals surface area (Å²) in [6.07, 6.45) is 2.89. The minimum atomic E-state index is -0.124. The number of hydrogen-bond acceptors (Lipinski definition) is 3. The van der Waals surface area contributed by atoms with Gasteiger partial charge in [-0.1, -0.05) is 12.1 Å². The molecule has 0 radical (unpaired) electrons. The van der Waals surface area contributed by atoms with Crippen molar-refractivity contribution in [1.82, 2.24) is 15.3 Å². The number of aromatic nitrogens is 2. The van der Waals surface area contributed by atoms with E-state index in [2.05, 4.69) is 21.4 Å². The van der Waals surface area contributed by atoms with Crippen LogP contribution in [0.5, 0.6) is 0 Å². The van der Waals surface area contributed by atoms with E-state index in [1.807, 2.05) is 18.2 Å². The lowest BCUT2D eigenvalue weighted by Gasteiger charge is -2.26. The summed E-state index contributed by atoms with van der Waals surface area (Å²) in [5.74, 6) is 0.0178. The lowest BCUT2D eigenvalue weighted by molar-refractivity contribution is -0.118. The van der Waals surface area contributed by atoms with Crippen LogP contribution in [-0.2, 0) is 17.8 Å². The van der Waals surface area contributed by atoms with E-state index in [0.29, 0.717) is 18.5 Å². The van der Waals surface area contributed by atoms with Gasteiger partial charge in [0.05, 0.1) is 17.4 Å². The van der Waals surface area contributed by atoms with Gasteiger partial charge in [-0.25, -0.2) is 4.98 Å². The number of carbonyl (C=O) groups is 2. The number of amides is 2. The molecule has 6 heteroatoms. The van der Waals surface area contributed by atoms with E-state index in [1.54, 1.807) is 30.4 Å². The van der Waals surface area contributed by atoms with Crippen LogP contribution in [0.4, 0.5) is 5.69 Å². The third-order valence-corrected chi connectivity index (χ3v) is 4.62.